The molecule has 8 nitrogen and oxygen atoms in total. The summed E-state index contributed by atoms with van der Waals surface area (Å²) >= 11 is 0. The number of hydrogen-bond acceptors (Lipinski definition) is 7. The fourth-order valence-electron chi connectivity index (χ4n) is 2.68. The molecule has 0 radical (unpaired) electrons. The average Bonchev–Trinajstić information content (AvgIpc) is 2.68. The molecule has 31 heavy (non-hydrogen) atoms. The highest BCUT2D eigenvalue weighted by atomic mass is 16.6. The van der Waals surface area contributed by atoms with Gasteiger partial charge in [0.05, 0.1) is 5.52 Å². The second-order valence-corrected chi connectivity index (χ2v) is 8.12. The number of nitrogens with zero attached hydrogens (tertiary/aromatic N) is 1. The molecule has 0 aliphatic rings. The van der Waals surface area contributed by atoms with Crippen LogP contribution >= 0.6 is 0 Å². The molecular weight excluding hydrogens is 400 g/mol. The number of pyridine rings is 1. The number of carbonyl (C=O) groups excluding carboxylic acids is 3. The lowest BCUT2D eigenvalue weighted by atomic mass is 10.1. The van der Waals surface area contributed by atoms with Crippen molar-refractivity contribution in [2.45, 2.75) is 52.4 Å². The SMILES string of the molecule is C/C=C\C[C@](O)(NC(=O)OC(C)(C)C)C(=O)OCC(=O)c1ccc2nc(C)ccc2c1. The number of amides is 1. The molecule has 0 unspecified atom stereocenters. The van der Waals surface area contributed by atoms with Crippen LogP contribution in [0.25, 0.3) is 10.9 Å². The predicted octanol–water partition coefficient (Wildman–Crippen LogP) is 3.45. The Morgan fingerprint density at radius 1 is 1.16 bits per heavy atom. The average molecular weight is 428 g/mol. The molecule has 0 saturated carbocycles. The normalized spacial score (nSPS) is 13.6. The van der Waals surface area contributed by atoms with Crippen molar-refractivity contribution in [3.8, 4) is 0 Å². The Hall–Kier alpha value is -3.26. The van der Waals surface area contributed by atoms with Crippen LogP contribution in [-0.4, -0.2) is 45.9 Å². The van der Waals surface area contributed by atoms with Gasteiger partial charge in [0, 0.05) is 23.1 Å². The first-order chi connectivity index (χ1) is 14.4. The number of ketones is 1. The maximum atomic E-state index is 12.5. The number of alkyl carbamates (subject to hydrolysis) is 1. The smallest absolute Gasteiger partial charge is 0.410 e. The zero-order valence-corrected chi connectivity index (χ0v) is 18.4. The fraction of sp³-hybridized carbons (Fsp3) is 0.391. The van der Waals surface area contributed by atoms with Crippen LogP contribution in [0, 0.1) is 6.92 Å². The van der Waals surface area contributed by atoms with E-state index in [4.69, 9.17) is 9.47 Å². The van der Waals surface area contributed by atoms with Crippen LogP contribution in [0.3, 0.4) is 0 Å². The van der Waals surface area contributed by atoms with Gasteiger partial charge in [-0.15, -0.1) is 0 Å². The zero-order chi connectivity index (χ0) is 23.2. The molecule has 2 aromatic rings. The zero-order valence-electron chi connectivity index (χ0n) is 18.4. The van der Waals surface area contributed by atoms with Gasteiger partial charge in [0.25, 0.3) is 0 Å². The predicted molar refractivity (Wildman–Crippen MR) is 116 cm³/mol. The van der Waals surface area contributed by atoms with Crippen molar-refractivity contribution in [2.75, 3.05) is 6.61 Å². The number of fused-ring (bicyclic) bond motifs is 1. The van der Waals surface area contributed by atoms with Gasteiger partial charge in [-0.1, -0.05) is 18.2 Å². The van der Waals surface area contributed by atoms with E-state index in [1.165, 1.54) is 6.08 Å². The molecule has 0 bridgehead atoms. The second-order valence-electron chi connectivity index (χ2n) is 8.12. The van der Waals surface area contributed by atoms with Crippen molar-refractivity contribution in [1.29, 1.82) is 0 Å². The van der Waals surface area contributed by atoms with Crippen LogP contribution in [0.1, 0.15) is 50.2 Å². The third-order valence-corrected chi connectivity index (χ3v) is 4.18. The first-order valence-electron chi connectivity index (χ1n) is 9.86. The van der Waals surface area contributed by atoms with Crippen molar-refractivity contribution in [3.63, 3.8) is 0 Å². The Bertz CT molecular complexity index is 1010. The number of esters is 1. The Morgan fingerprint density at radius 2 is 1.87 bits per heavy atom. The lowest BCUT2D eigenvalue weighted by Gasteiger charge is -2.28. The maximum Gasteiger partial charge on any atom is 0.410 e. The minimum atomic E-state index is -2.38. The van der Waals surface area contributed by atoms with Gasteiger partial charge < -0.3 is 14.6 Å². The third kappa shape index (κ3) is 6.89. The van der Waals surface area contributed by atoms with Gasteiger partial charge in [-0.05, 0) is 58.9 Å². The van der Waals surface area contributed by atoms with Crippen LogP contribution in [0.2, 0.25) is 0 Å². The molecule has 2 rings (SSSR count). The first kappa shape index (κ1) is 24.0. The summed E-state index contributed by atoms with van der Waals surface area (Å²) < 4.78 is 10.1. The molecule has 2 N–H and O–H groups in total. The fourth-order valence-corrected chi connectivity index (χ4v) is 2.68. The number of hydrogen-bond donors (Lipinski definition) is 2. The number of benzene rings is 1. The number of aromatic nitrogens is 1. The number of allylic oxidation sites excluding steroid dienone is 1. The van der Waals surface area contributed by atoms with Gasteiger partial charge in [-0.2, -0.15) is 0 Å². The Morgan fingerprint density at radius 3 is 2.52 bits per heavy atom. The number of carbonyl (C=O) groups is 3. The van der Waals surface area contributed by atoms with E-state index in [2.05, 4.69) is 10.3 Å². The van der Waals surface area contributed by atoms with Crippen molar-refractivity contribution in [3.05, 3.63) is 53.7 Å². The summed E-state index contributed by atoms with van der Waals surface area (Å²) in [4.78, 5) is 41.5. The number of ether oxygens (including phenoxy) is 2. The van der Waals surface area contributed by atoms with E-state index >= 15 is 0 Å². The minimum absolute atomic E-state index is 0.253. The van der Waals surface area contributed by atoms with Crippen LogP contribution in [-0.2, 0) is 14.3 Å². The number of nitrogens with one attached hydrogen (secondary N) is 1. The summed E-state index contributed by atoms with van der Waals surface area (Å²) in [5, 5.41) is 13.6. The van der Waals surface area contributed by atoms with E-state index in [1.807, 2.05) is 19.1 Å². The van der Waals surface area contributed by atoms with Gasteiger partial charge in [0.1, 0.15) is 5.60 Å². The molecule has 8 heteroatoms. The maximum absolute atomic E-state index is 12.5. The number of rotatable bonds is 7. The Labute approximate surface area is 181 Å². The van der Waals surface area contributed by atoms with Gasteiger partial charge in [-0.25, -0.2) is 9.59 Å². The monoisotopic (exact) mass is 428 g/mol. The molecule has 166 valence electrons. The molecule has 0 fully saturated rings. The molecule has 1 atom stereocenters. The van der Waals surface area contributed by atoms with Crippen molar-refractivity contribution >= 4 is 28.7 Å². The van der Waals surface area contributed by atoms with Gasteiger partial charge in [0.15, 0.2) is 12.4 Å². The van der Waals surface area contributed by atoms with E-state index in [9.17, 15) is 19.5 Å². The van der Waals surface area contributed by atoms with Crippen molar-refractivity contribution in [2.24, 2.45) is 0 Å². The highest BCUT2D eigenvalue weighted by molar-refractivity contribution is 6.01. The van der Waals surface area contributed by atoms with Crippen LogP contribution < -0.4 is 5.32 Å². The third-order valence-electron chi connectivity index (χ3n) is 4.18. The summed E-state index contributed by atoms with van der Waals surface area (Å²) in [5.74, 6) is -1.62. The van der Waals surface area contributed by atoms with Crippen molar-refractivity contribution < 1.29 is 29.0 Å². The van der Waals surface area contributed by atoms with E-state index in [0.717, 1.165) is 16.6 Å². The second kappa shape index (κ2) is 9.70. The minimum Gasteiger partial charge on any atom is -0.454 e. The lowest BCUT2D eigenvalue weighted by molar-refractivity contribution is -0.167. The summed E-state index contributed by atoms with van der Waals surface area (Å²) in [6.45, 7) is 7.91. The number of aliphatic hydroxyl groups is 1. The topological polar surface area (TPSA) is 115 Å². The van der Waals surface area contributed by atoms with E-state index in [1.54, 1.807) is 52.0 Å². The van der Waals surface area contributed by atoms with Gasteiger partial charge >= 0.3 is 12.1 Å². The Balaban J connectivity index is 2.09. The molecule has 1 aromatic carbocycles. The Kier molecular flexibility index (Phi) is 7.51. The number of Topliss-reactive ketones (excluding diaryl/α,β-unsaturated/α-hetero) is 1. The van der Waals surface area contributed by atoms with Gasteiger partial charge in [-0.3, -0.25) is 15.1 Å². The van der Waals surface area contributed by atoms with Crippen LogP contribution in [0.15, 0.2) is 42.5 Å². The van der Waals surface area contributed by atoms with E-state index in [-0.39, 0.29) is 6.42 Å². The van der Waals surface area contributed by atoms with Crippen LogP contribution in [0.5, 0.6) is 0 Å². The standard InChI is InChI=1S/C23H28N2O6/c1-6-7-12-23(29,25-21(28)31-22(3,4)5)20(27)30-14-19(26)17-10-11-18-16(13-17)9-8-15(2)24-18/h6-11,13,29H,12,14H2,1-5H3,(H,25,28)/b7-6-/t23-/m1/s1. The molecular formula is C23H28N2O6. The largest absolute Gasteiger partial charge is 0.454 e. The molecule has 0 aliphatic heterocycles. The molecule has 0 saturated heterocycles. The van der Waals surface area contributed by atoms with Crippen LogP contribution in [0.4, 0.5) is 4.79 Å². The lowest BCUT2D eigenvalue weighted by Crippen LogP contribution is -2.56. The molecule has 0 aliphatic carbocycles. The van der Waals surface area contributed by atoms with Crippen molar-refractivity contribution in [1.82, 2.24) is 10.3 Å². The quantitative estimate of drug-likeness (QED) is 0.300. The van der Waals surface area contributed by atoms with E-state index < -0.39 is 35.8 Å². The molecule has 1 amide bonds. The summed E-state index contributed by atoms with van der Waals surface area (Å²) in [5.41, 5.74) is -1.26. The highest BCUT2D eigenvalue weighted by Crippen LogP contribution is 2.17. The first-order valence-corrected chi connectivity index (χ1v) is 9.86. The molecule has 0 spiro atoms. The van der Waals surface area contributed by atoms with Gasteiger partial charge in [0.2, 0.25) is 5.72 Å². The summed E-state index contributed by atoms with van der Waals surface area (Å²) in [7, 11) is 0. The summed E-state index contributed by atoms with van der Waals surface area (Å²) in [6.07, 6.45) is 1.85. The molecule has 1 aromatic heterocycles. The van der Waals surface area contributed by atoms with E-state index in [0.29, 0.717) is 5.56 Å². The highest BCUT2D eigenvalue weighted by Gasteiger charge is 2.40. The summed E-state index contributed by atoms with van der Waals surface area (Å²) in [6, 6.07) is 8.64. The molecule has 1 heterocycles. The number of aryl methyl sites for hydroxylation is 1.